The summed E-state index contributed by atoms with van der Waals surface area (Å²) in [6.45, 7) is 4.43. The molecule has 3 nitrogen and oxygen atoms in total. The molecule has 0 atom stereocenters. The van der Waals surface area contributed by atoms with Gasteiger partial charge in [0.25, 0.3) is 0 Å². The smallest absolute Gasteiger partial charge is 0.111 e. The molecule has 54 valence electrons. The molecule has 0 aromatic rings. The largest absolute Gasteiger partial charge is 0.361 e. The van der Waals surface area contributed by atoms with Gasteiger partial charge in [-0.1, -0.05) is 6.58 Å². The topological polar surface area (TPSA) is 27.6 Å². The molecule has 1 aliphatic heterocycles. The van der Waals surface area contributed by atoms with E-state index in [0.717, 1.165) is 5.70 Å². The zero-order chi connectivity index (χ0) is 7.40. The Labute approximate surface area is 60.7 Å². The van der Waals surface area contributed by atoms with Crippen LogP contribution in [0, 0.1) is 0 Å². The maximum absolute atomic E-state index is 4.04. The normalized spacial score (nSPS) is 21.3. The fourth-order valence-electron chi connectivity index (χ4n) is 0.611. The lowest BCUT2D eigenvalue weighted by Gasteiger charge is -2.12. The summed E-state index contributed by atoms with van der Waals surface area (Å²) in [5.41, 5.74) is 0.857. The van der Waals surface area contributed by atoms with Crippen molar-refractivity contribution in [2.75, 3.05) is 13.7 Å². The van der Waals surface area contributed by atoms with Crippen molar-refractivity contribution in [1.82, 2.24) is 10.2 Å². The molecule has 1 N–H and O–H groups in total. The van der Waals surface area contributed by atoms with Crippen LogP contribution in [0.1, 0.15) is 0 Å². The molecule has 0 unspecified atom stereocenters. The van der Waals surface area contributed by atoms with E-state index < -0.39 is 0 Å². The Balaban J connectivity index is 2.59. The highest BCUT2D eigenvalue weighted by molar-refractivity contribution is 5.58. The van der Waals surface area contributed by atoms with Gasteiger partial charge in [-0.05, 0) is 6.08 Å². The van der Waals surface area contributed by atoms with Gasteiger partial charge in [0.05, 0.1) is 6.34 Å². The van der Waals surface area contributed by atoms with Gasteiger partial charge in [0.15, 0.2) is 0 Å². The number of nitrogens with one attached hydrogen (secondary N) is 1. The fraction of sp³-hybridized carbons (Fsp3) is 0.286. The zero-order valence-corrected chi connectivity index (χ0v) is 6.04. The summed E-state index contributed by atoms with van der Waals surface area (Å²) >= 11 is 0. The number of hydrogen-bond donors (Lipinski definition) is 1. The molecule has 0 radical (unpaired) electrons. The van der Waals surface area contributed by atoms with Gasteiger partial charge >= 0.3 is 0 Å². The maximum atomic E-state index is 4.04. The second-order valence-corrected chi connectivity index (χ2v) is 2.20. The molecule has 1 rings (SSSR count). The van der Waals surface area contributed by atoms with E-state index in [0.29, 0.717) is 6.67 Å². The van der Waals surface area contributed by atoms with E-state index in [1.165, 1.54) is 0 Å². The Kier molecular flexibility index (Phi) is 2.10. The van der Waals surface area contributed by atoms with Crippen LogP contribution in [-0.4, -0.2) is 25.0 Å². The van der Waals surface area contributed by atoms with Crippen LogP contribution in [-0.2, 0) is 0 Å². The lowest BCUT2D eigenvalue weighted by molar-refractivity contribution is 0.471. The summed E-state index contributed by atoms with van der Waals surface area (Å²) in [7, 11) is 1.96. The van der Waals surface area contributed by atoms with Gasteiger partial charge in [-0.2, -0.15) is 0 Å². The first-order valence-electron chi connectivity index (χ1n) is 3.11. The van der Waals surface area contributed by atoms with Gasteiger partial charge < -0.3 is 10.2 Å². The number of hydrogen-bond acceptors (Lipinski definition) is 3. The van der Waals surface area contributed by atoms with Crippen molar-refractivity contribution in [2.45, 2.75) is 0 Å². The Morgan fingerprint density at radius 3 is 3.40 bits per heavy atom. The van der Waals surface area contributed by atoms with Gasteiger partial charge in [-0.25, -0.2) is 0 Å². The van der Waals surface area contributed by atoms with Gasteiger partial charge in [0, 0.05) is 18.9 Å². The molecular weight excluding hydrogens is 126 g/mol. The predicted octanol–water partition coefficient (Wildman–Crippen LogP) is 0.535. The summed E-state index contributed by atoms with van der Waals surface area (Å²) in [6, 6.07) is 0. The van der Waals surface area contributed by atoms with Crippen LogP contribution in [0.25, 0.3) is 0 Å². The van der Waals surface area contributed by atoms with E-state index in [4.69, 9.17) is 0 Å². The van der Waals surface area contributed by atoms with E-state index in [2.05, 4.69) is 16.9 Å². The highest BCUT2D eigenvalue weighted by Crippen LogP contribution is 1.92. The third kappa shape index (κ3) is 1.93. The molecule has 0 aromatic carbocycles. The molecule has 0 saturated heterocycles. The van der Waals surface area contributed by atoms with Crippen molar-refractivity contribution in [3.05, 3.63) is 24.6 Å². The first kappa shape index (κ1) is 6.86. The molecule has 0 bridgehead atoms. The first-order chi connectivity index (χ1) is 4.79. The average molecular weight is 137 g/mol. The Morgan fingerprint density at radius 1 is 1.80 bits per heavy atom. The van der Waals surface area contributed by atoms with Crippen LogP contribution in [0.5, 0.6) is 0 Å². The van der Waals surface area contributed by atoms with Crippen LogP contribution in [0.4, 0.5) is 0 Å². The van der Waals surface area contributed by atoms with E-state index in [1.807, 2.05) is 24.2 Å². The monoisotopic (exact) mass is 137 g/mol. The van der Waals surface area contributed by atoms with Crippen LogP contribution >= 0.6 is 0 Å². The lowest BCUT2D eigenvalue weighted by Crippen LogP contribution is -2.17. The van der Waals surface area contributed by atoms with Crippen molar-refractivity contribution in [3.8, 4) is 0 Å². The number of allylic oxidation sites excluding steroid dienone is 1. The number of nitrogens with zero attached hydrogens (tertiary/aromatic N) is 2. The SMILES string of the molecule is C=C1/C=C\N(C)CN=CN1. The van der Waals surface area contributed by atoms with Crippen molar-refractivity contribution >= 4 is 6.34 Å². The molecule has 3 heteroatoms. The van der Waals surface area contributed by atoms with E-state index in [1.54, 1.807) is 6.34 Å². The minimum Gasteiger partial charge on any atom is -0.361 e. The van der Waals surface area contributed by atoms with Gasteiger partial charge in [0.2, 0.25) is 0 Å². The van der Waals surface area contributed by atoms with Crippen LogP contribution in [0.15, 0.2) is 29.5 Å². The van der Waals surface area contributed by atoms with Crippen molar-refractivity contribution in [2.24, 2.45) is 4.99 Å². The number of aliphatic imine (C=N–C) groups is 1. The molecule has 1 aliphatic rings. The minimum atomic E-state index is 0.691. The second kappa shape index (κ2) is 3.06. The van der Waals surface area contributed by atoms with E-state index in [9.17, 15) is 0 Å². The van der Waals surface area contributed by atoms with Crippen molar-refractivity contribution in [1.29, 1.82) is 0 Å². The summed E-state index contributed by atoms with van der Waals surface area (Å²) < 4.78 is 0. The van der Waals surface area contributed by atoms with Crippen molar-refractivity contribution in [3.63, 3.8) is 0 Å². The molecule has 0 saturated carbocycles. The Morgan fingerprint density at radius 2 is 2.60 bits per heavy atom. The highest BCUT2D eigenvalue weighted by Gasteiger charge is 1.90. The molecule has 0 fully saturated rings. The molecule has 0 amide bonds. The molecule has 10 heavy (non-hydrogen) atoms. The lowest BCUT2D eigenvalue weighted by atomic mass is 10.4. The quantitative estimate of drug-likeness (QED) is 0.527. The third-order valence-corrected chi connectivity index (χ3v) is 1.18. The van der Waals surface area contributed by atoms with Crippen molar-refractivity contribution < 1.29 is 0 Å². The molecule has 1 heterocycles. The van der Waals surface area contributed by atoms with Gasteiger partial charge in [-0.3, -0.25) is 4.99 Å². The summed E-state index contributed by atoms with van der Waals surface area (Å²) in [6.07, 6.45) is 5.50. The Hall–Kier alpha value is -1.25. The third-order valence-electron chi connectivity index (χ3n) is 1.18. The standard InChI is InChI=1S/C7H11N3/c1-7-3-4-10(2)6-8-5-9-7/h3-5H,1,6H2,2H3,(H,8,9)/b4-3-. The van der Waals surface area contributed by atoms with Crippen LogP contribution in [0.2, 0.25) is 0 Å². The predicted molar refractivity (Wildman–Crippen MR) is 42.5 cm³/mol. The maximum Gasteiger partial charge on any atom is 0.111 e. The first-order valence-corrected chi connectivity index (χ1v) is 3.11. The zero-order valence-electron chi connectivity index (χ0n) is 6.04. The molecule has 0 aromatic heterocycles. The van der Waals surface area contributed by atoms with E-state index in [-0.39, 0.29) is 0 Å². The summed E-state index contributed by atoms with van der Waals surface area (Å²) in [5.74, 6) is 0. The van der Waals surface area contributed by atoms with E-state index >= 15 is 0 Å². The average Bonchev–Trinajstić information content (AvgIpc) is 1.90. The fourth-order valence-corrected chi connectivity index (χ4v) is 0.611. The van der Waals surface area contributed by atoms with Crippen LogP contribution < -0.4 is 5.32 Å². The van der Waals surface area contributed by atoms with Crippen LogP contribution in [0.3, 0.4) is 0 Å². The summed E-state index contributed by atoms with van der Waals surface area (Å²) in [4.78, 5) is 6.01. The number of rotatable bonds is 0. The summed E-state index contributed by atoms with van der Waals surface area (Å²) in [5, 5.41) is 2.91. The van der Waals surface area contributed by atoms with Gasteiger partial charge in [0.1, 0.15) is 6.67 Å². The van der Waals surface area contributed by atoms with Gasteiger partial charge in [-0.15, -0.1) is 0 Å². The molecule has 0 aliphatic carbocycles. The Bertz CT molecular complexity index is 181. The highest BCUT2D eigenvalue weighted by atomic mass is 15.2. The molecule has 0 spiro atoms. The minimum absolute atomic E-state index is 0.691. The second-order valence-electron chi connectivity index (χ2n) is 2.20. The molecular formula is C7H11N3.